The van der Waals surface area contributed by atoms with E-state index in [9.17, 15) is 13.2 Å². The number of carbonyl (C=O) groups is 1. The van der Waals surface area contributed by atoms with E-state index in [1.54, 1.807) is 6.07 Å². The van der Waals surface area contributed by atoms with Gasteiger partial charge in [0.25, 0.3) is 0 Å². The van der Waals surface area contributed by atoms with E-state index in [0.29, 0.717) is 37.4 Å². The summed E-state index contributed by atoms with van der Waals surface area (Å²) in [6, 6.07) is 5.51. The molecule has 3 rings (SSSR count). The number of sulfonamides is 1. The number of hydrogen-bond donors (Lipinski definition) is 2. The summed E-state index contributed by atoms with van der Waals surface area (Å²) < 4.78 is 27.4. The van der Waals surface area contributed by atoms with Crippen LogP contribution in [0.1, 0.15) is 44.2 Å². The van der Waals surface area contributed by atoms with Crippen LogP contribution in [0.25, 0.3) is 0 Å². The van der Waals surface area contributed by atoms with Crippen molar-refractivity contribution in [3.8, 4) is 0 Å². The molecule has 0 aromatic heterocycles. The molecular formula is C19H29N3O3S. The van der Waals surface area contributed by atoms with Crippen LogP contribution >= 0.6 is 0 Å². The summed E-state index contributed by atoms with van der Waals surface area (Å²) in [6.07, 6.45) is 4.17. The van der Waals surface area contributed by atoms with Gasteiger partial charge in [0, 0.05) is 31.1 Å². The highest BCUT2D eigenvalue weighted by molar-refractivity contribution is 7.89. The minimum absolute atomic E-state index is 0.0324. The molecule has 0 bridgehead atoms. The van der Waals surface area contributed by atoms with Gasteiger partial charge >= 0.3 is 0 Å². The van der Waals surface area contributed by atoms with Crippen molar-refractivity contribution in [2.45, 2.75) is 56.4 Å². The van der Waals surface area contributed by atoms with Crippen LogP contribution in [0, 0.1) is 5.92 Å². The van der Waals surface area contributed by atoms with Crippen molar-refractivity contribution in [2.24, 2.45) is 11.7 Å². The number of carbonyl (C=O) groups excluding carboxylic acids is 1. The largest absolute Gasteiger partial charge is 0.350 e. The second-order valence-electron chi connectivity index (χ2n) is 8.04. The summed E-state index contributed by atoms with van der Waals surface area (Å²) in [5.74, 6) is -0.192. The maximum absolute atomic E-state index is 12.9. The zero-order valence-electron chi connectivity index (χ0n) is 15.6. The van der Waals surface area contributed by atoms with E-state index in [1.807, 2.05) is 26.0 Å². The van der Waals surface area contributed by atoms with E-state index < -0.39 is 15.6 Å². The molecule has 1 aromatic carbocycles. The van der Waals surface area contributed by atoms with Gasteiger partial charge in [0.2, 0.25) is 15.9 Å². The molecule has 0 saturated carbocycles. The van der Waals surface area contributed by atoms with Crippen molar-refractivity contribution in [1.82, 2.24) is 9.62 Å². The normalized spacial score (nSPS) is 19.3. The van der Waals surface area contributed by atoms with E-state index in [0.717, 1.165) is 24.8 Å². The fourth-order valence-corrected chi connectivity index (χ4v) is 5.22. The fraction of sp³-hybridized carbons (Fsp3) is 0.632. The number of fused-ring (bicyclic) bond motifs is 1. The van der Waals surface area contributed by atoms with Crippen LogP contribution in [0.2, 0.25) is 0 Å². The highest BCUT2D eigenvalue weighted by atomic mass is 32.2. The quantitative estimate of drug-likeness (QED) is 0.809. The molecular weight excluding hydrogens is 350 g/mol. The van der Waals surface area contributed by atoms with E-state index in [-0.39, 0.29) is 11.8 Å². The van der Waals surface area contributed by atoms with Gasteiger partial charge in [-0.05, 0) is 69.2 Å². The standard InChI is InChI=1S/C19H29N3O3S/c1-19(2,13-20)21-18(23)15-8-10-22(11-9-15)26(24,25)17-7-6-14-4-3-5-16(14)12-17/h6-7,12,15H,3-5,8-11,13,20H2,1-2H3,(H,21,23). The molecule has 0 atom stereocenters. The molecule has 0 spiro atoms. The van der Waals surface area contributed by atoms with Gasteiger partial charge in [-0.15, -0.1) is 0 Å². The van der Waals surface area contributed by atoms with E-state index in [4.69, 9.17) is 5.73 Å². The smallest absolute Gasteiger partial charge is 0.243 e. The molecule has 0 unspecified atom stereocenters. The van der Waals surface area contributed by atoms with Gasteiger partial charge in [-0.2, -0.15) is 4.31 Å². The van der Waals surface area contributed by atoms with Crippen LogP contribution in [0.4, 0.5) is 0 Å². The van der Waals surface area contributed by atoms with Crippen molar-refractivity contribution >= 4 is 15.9 Å². The molecule has 1 fully saturated rings. The van der Waals surface area contributed by atoms with Crippen LogP contribution in [0.3, 0.4) is 0 Å². The lowest BCUT2D eigenvalue weighted by Gasteiger charge is -2.33. The van der Waals surface area contributed by atoms with Crippen molar-refractivity contribution in [3.05, 3.63) is 29.3 Å². The van der Waals surface area contributed by atoms with Gasteiger partial charge < -0.3 is 11.1 Å². The molecule has 144 valence electrons. The number of hydrogen-bond acceptors (Lipinski definition) is 4. The van der Waals surface area contributed by atoms with Crippen LogP contribution in [0.15, 0.2) is 23.1 Å². The zero-order chi connectivity index (χ0) is 18.9. The number of piperidine rings is 1. The molecule has 1 saturated heterocycles. The van der Waals surface area contributed by atoms with Crippen molar-refractivity contribution in [3.63, 3.8) is 0 Å². The number of nitrogens with two attached hydrogens (primary N) is 1. The Morgan fingerprint density at radius 3 is 2.54 bits per heavy atom. The number of rotatable bonds is 5. The van der Waals surface area contributed by atoms with Gasteiger partial charge in [0.1, 0.15) is 0 Å². The maximum atomic E-state index is 12.9. The summed E-state index contributed by atoms with van der Waals surface area (Å²) >= 11 is 0. The summed E-state index contributed by atoms with van der Waals surface area (Å²) in [6.45, 7) is 4.89. The molecule has 1 aliphatic heterocycles. The molecule has 6 nitrogen and oxygen atoms in total. The third-order valence-corrected chi connectivity index (χ3v) is 7.40. The highest BCUT2D eigenvalue weighted by Crippen LogP contribution is 2.28. The SMILES string of the molecule is CC(C)(CN)NC(=O)C1CCN(S(=O)(=O)c2ccc3c(c2)CCC3)CC1. The third kappa shape index (κ3) is 3.94. The van der Waals surface area contributed by atoms with Crippen molar-refractivity contribution < 1.29 is 13.2 Å². The Labute approximate surface area is 156 Å². The fourth-order valence-electron chi connectivity index (χ4n) is 3.70. The Balaban J connectivity index is 1.65. The molecule has 26 heavy (non-hydrogen) atoms. The summed E-state index contributed by atoms with van der Waals surface area (Å²) in [5.41, 5.74) is 7.65. The van der Waals surface area contributed by atoms with Gasteiger partial charge in [0.15, 0.2) is 0 Å². The first-order valence-electron chi connectivity index (χ1n) is 9.37. The van der Waals surface area contributed by atoms with Gasteiger partial charge in [-0.1, -0.05) is 6.07 Å². The van der Waals surface area contributed by atoms with Crippen LogP contribution in [0.5, 0.6) is 0 Å². The first kappa shape index (κ1) is 19.3. The molecule has 0 radical (unpaired) electrons. The Bertz CT molecular complexity index is 781. The van der Waals surface area contributed by atoms with E-state index >= 15 is 0 Å². The minimum atomic E-state index is -3.49. The number of benzene rings is 1. The Morgan fingerprint density at radius 1 is 1.23 bits per heavy atom. The van der Waals surface area contributed by atoms with Gasteiger partial charge in [-0.3, -0.25) is 4.79 Å². The predicted octanol–water partition coefficient (Wildman–Crippen LogP) is 1.43. The average molecular weight is 380 g/mol. The Kier molecular flexibility index (Phi) is 5.42. The monoisotopic (exact) mass is 379 g/mol. The molecule has 3 N–H and O–H groups in total. The van der Waals surface area contributed by atoms with Gasteiger partial charge in [-0.25, -0.2) is 8.42 Å². The lowest BCUT2D eigenvalue weighted by Crippen LogP contribution is -2.52. The molecule has 7 heteroatoms. The topological polar surface area (TPSA) is 92.5 Å². The van der Waals surface area contributed by atoms with Gasteiger partial charge in [0.05, 0.1) is 4.90 Å². The number of amides is 1. The average Bonchev–Trinajstić information content (AvgIpc) is 3.09. The lowest BCUT2D eigenvalue weighted by molar-refractivity contribution is -0.127. The molecule has 1 heterocycles. The van der Waals surface area contributed by atoms with Crippen LogP contribution in [-0.2, 0) is 27.7 Å². The maximum Gasteiger partial charge on any atom is 0.243 e. The summed E-state index contributed by atoms with van der Waals surface area (Å²) in [4.78, 5) is 12.8. The van der Waals surface area contributed by atoms with Crippen LogP contribution < -0.4 is 11.1 Å². The van der Waals surface area contributed by atoms with E-state index in [1.165, 1.54) is 9.87 Å². The Morgan fingerprint density at radius 2 is 1.88 bits per heavy atom. The minimum Gasteiger partial charge on any atom is -0.350 e. The first-order valence-corrected chi connectivity index (χ1v) is 10.8. The number of nitrogens with zero attached hydrogens (tertiary/aromatic N) is 1. The lowest BCUT2D eigenvalue weighted by atomic mass is 9.95. The highest BCUT2D eigenvalue weighted by Gasteiger charge is 2.33. The molecule has 2 aliphatic rings. The number of nitrogens with one attached hydrogen (secondary N) is 1. The third-order valence-electron chi connectivity index (χ3n) is 5.50. The second-order valence-corrected chi connectivity index (χ2v) is 9.98. The first-order chi connectivity index (χ1) is 12.2. The Hall–Kier alpha value is -1.44. The van der Waals surface area contributed by atoms with Crippen LogP contribution in [-0.4, -0.2) is 43.8 Å². The van der Waals surface area contributed by atoms with Crippen molar-refractivity contribution in [1.29, 1.82) is 0 Å². The predicted molar refractivity (Wildman–Crippen MR) is 101 cm³/mol. The summed E-state index contributed by atoms with van der Waals surface area (Å²) in [7, 11) is -3.49. The summed E-state index contributed by atoms with van der Waals surface area (Å²) in [5, 5.41) is 2.96. The van der Waals surface area contributed by atoms with Crippen molar-refractivity contribution in [2.75, 3.05) is 19.6 Å². The molecule has 1 aliphatic carbocycles. The molecule has 1 aromatic rings. The second kappa shape index (κ2) is 7.29. The molecule has 1 amide bonds. The number of aryl methyl sites for hydroxylation is 2. The van der Waals surface area contributed by atoms with E-state index in [2.05, 4.69) is 5.32 Å². The zero-order valence-corrected chi connectivity index (χ0v) is 16.4.